The van der Waals surface area contributed by atoms with Crippen molar-refractivity contribution in [3.63, 3.8) is 0 Å². The first kappa shape index (κ1) is 18.4. The third kappa shape index (κ3) is 3.86. The van der Waals surface area contributed by atoms with E-state index in [1.807, 2.05) is 11.0 Å². The third-order valence-electron chi connectivity index (χ3n) is 5.08. The van der Waals surface area contributed by atoms with E-state index < -0.39 is 0 Å². The lowest BCUT2D eigenvalue weighted by Crippen LogP contribution is -2.49. The summed E-state index contributed by atoms with van der Waals surface area (Å²) < 4.78 is 10.6. The van der Waals surface area contributed by atoms with Crippen molar-refractivity contribution in [1.29, 1.82) is 0 Å². The number of urea groups is 1. The molecule has 7 nitrogen and oxygen atoms in total. The predicted molar refractivity (Wildman–Crippen MR) is 98.8 cm³/mol. The summed E-state index contributed by atoms with van der Waals surface area (Å²) in [4.78, 5) is 28.5. The molecule has 7 heteroatoms. The second-order valence-electron chi connectivity index (χ2n) is 7.09. The number of methoxy groups -OCH3 is 2. The van der Waals surface area contributed by atoms with Gasteiger partial charge in [0.2, 0.25) is 5.91 Å². The molecule has 1 N–H and O–H groups in total. The minimum Gasteiger partial charge on any atom is -0.493 e. The van der Waals surface area contributed by atoms with Gasteiger partial charge in [-0.2, -0.15) is 0 Å². The topological polar surface area (TPSA) is 71.1 Å². The van der Waals surface area contributed by atoms with Gasteiger partial charge in [0.05, 0.1) is 20.3 Å². The summed E-state index contributed by atoms with van der Waals surface area (Å²) in [5.41, 5.74) is 0.746. The second-order valence-corrected chi connectivity index (χ2v) is 7.09. The van der Waals surface area contributed by atoms with Gasteiger partial charge in [-0.15, -0.1) is 0 Å². The Morgan fingerprint density at radius 1 is 1.19 bits per heavy atom. The number of carbonyl (C=O) groups excluding carboxylic acids is 2. The van der Waals surface area contributed by atoms with Crippen molar-refractivity contribution in [1.82, 2.24) is 10.2 Å². The highest BCUT2D eigenvalue weighted by Crippen LogP contribution is 2.33. The lowest BCUT2D eigenvalue weighted by atomic mass is 10.0. The fourth-order valence-electron chi connectivity index (χ4n) is 3.69. The molecule has 26 heavy (non-hydrogen) atoms. The number of anilines is 1. The molecule has 0 bridgehead atoms. The minimum absolute atomic E-state index is 0.00506. The highest BCUT2D eigenvalue weighted by molar-refractivity contribution is 5.97. The third-order valence-corrected chi connectivity index (χ3v) is 5.08. The van der Waals surface area contributed by atoms with Crippen molar-refractivity contribution in [2.24, 2.45) is 5.92 Å². The lowest BCUT2D eigenvalue weighted by Gasteiger charge is -2.31. The van der Waals surface area contributed by atoms with Crippen LogP contribution in [0.25, 0.3) is 0 Å². The first-order chi connectivity index (χ1) is 12.5. The van der Waals surface area contributed by atoms with Crippen LogP contribution in [0.3, 0.4) is 0 Å². The van der Waals surface area contributed by atoms with Crippen molar-refractivity contribution < 1.29 is 19.1 Å². The normalized spacial score (nSPS) is 23.1. The number of benzene rings is 1. The Morgan fingerprint density at radius 2 is 1.96 bits per heavy atom. The molecule has 2 fully saturated rings. The average molecular weight is 361 g/mol. The van der Waals surface area contributed by atoms with Crippen LogP contribution in [0.15, 0.2) is 18.2 Å². The van der Waals surface area contributed by atoms with Gasteiger partial charge in [0, 0.05) is 37.8 Å². The summed E-state index contributed by atoms with van der Waals surface area (Å²) in [6.45, 7) is 4.20. The molecule has 1 aromatic rings. The van der Waals surface area contributed by atoms with E-state index >= 15 is 0 Å². The molecule has 0 aromatic heterocycles. The fraction of sp³-hybridized carbons (Fsp3) is 0.579. The molecule has 2 aliphatic heterocycles. The molecule has 0 aliphatic carbocycles. The molecule has 0 radical (unpaired) electrons. The average Bonchev–Trinajstić information content (AvgIpc) is 3.01. The maximum atomic E-state index is 12.5. The summed E-state index contributed by atoms with van der Waals surface area (Å²) in [5, 5.41) is 3.02. The number of amides is 3. The van der Waals surface area contributed by atoms with Crippen LogP contribution in [-0.4, -0.2) is 56.7 Å². The summed E-state index contributed by atoms with van der Waals surface area (Å²) in [6.07, 6.45) is 2.51. The van der Waals surface area contributed by atoms with Crippen molar-refractivity contribution in [2.45, 2.75) is 32.2 Å². The monoisotopic (exact) mass is 361 g/mol. The molecule has 0 saturated carbocycles. The number of carbonyl (C=O) groups is 2. The Kier molecular flexibility index (Phi) is 5.54. The smallest absolute Gasteiger partial charge is 0.317 e. The zero-order valence-corrected chi connectivity index (χ0v) is 15.7. The van der Waals surface area contributed by atoms with Crippen LogP contribution in [0.1, 0.15) is 26.2 Å². The maximum Gasteiger partial charge on any atom is 0.317 e. The number of nitrogens with one attached hydrogen (secondary N) is 1. The zero-order chi connectivity index (χ0) is 18.7. The molecule has 2 saturated heterocycles. The van der Waals surface area contributed by atoms with Crippen LogP contribution < -0.4 is 19.7 Å². The first-order valence-electron chi connectivity index (χ1n) is 9.09. The standard InChI is InChI=1S/C19H27N3O4/c1-13-5-4-8-21(11-13)19(24)20-14-9-18(23)22(12-14)15-6-7-16(25-2)17(10-15)26-3/h6-7,10,13-14H,4-5,8-9,11-12H2,1-3H3,(H,20,24)/t13-,14+/m0/s1. The summed E-state index contributed by atoms with van der Waals surface area (Å²) in [7, 11) is 3.14. The molecule has 2 heterocycles. The van der Waals surface area contributed by atoms with E-state index in [0.717, 1.165) is 25.2 Å². The number of hydrogen-bond donors (Lipinski definition) is 1. The highest BCUT2D eigenvalue weighted by atomic mass is 16.5. The van der Waals surface area contributed by atoms with Gasteiger partial charge in [-0.1, -0.05) is 6.92 Å². The maximum absolute atomic E-state index is 12.5. The first-order valence-corrected chi connectivity index (χ1v) is 9.09. The van der Waals surface area contributed by atoms with E-state index in [-0.39, 0.29) is 18.0 Å². The summed E-state index contributed by atoms with van der Waals surface area (Å²) >= 11 is 0. The molecule has 0 unspecified atom stereocenters. The van der Waals surface area contributed by atoms with Crippen LogP contribution in [0.5, 0.6) is 11.5 Å². The van der Waals surface area contributed by atoms with Gasteiger partial charge in [-0.05, 0) is 30.9 Å². The Bertz CT molecular complexity index is 679. The van der Waals surface area contributed by atoms with E-state index in [1.54, 1.807) is 31.3 Å². The van der Waals surface area contributed by atoms with Gasteiger partial charge in [0.1, 0.15) is 0 Å². The number of hydrogen-bond acceptors (Lipinski definition) is 4. The van der Waals surface area contributed by atoms with Crippen LogP contribution in [-0.2, 0) is 4.79 Å². The largest absolute Gasteiger partial charge is 0.493 e. The molecular weight excluding hydrogens is 334 g/mol. The molecule has 2 aliphatic rings. The van der Waals surface area contributed by atoms with Crippen LogP contribution in [0.4, 0.5) is 10.5 Å². The van der Waals surface area contributed by atoms with Gasteiger partial charge in [0.25, 0.3) is 0 Å². The number of nitrogens with zero attached hydrogens (tertiary/aromatic N) is 2. The predicted octanol–water partition coefficient (Wildman–Crippen LogP) is 2.25. The Morgan fingerprint density at radius 3 is 2.65 bits per heavy atom. The SMILES string of the molecule is COc1ccc(N2C[C@H](NC(=O)N3CCC[C@H](C)C3)CC2=O)cc1OC. The fourth-order valence-corrected chi connectivity index (χ4v) is 3.69. The van der Waals surface area contributed by atoms with Crippen molar-refractivity contribution in [2.75, 3.05) is 38.8 Å². The van der Waals surface area contributed by atoms with Gasteiger partial charge in [-0.3, -0.25) is 4.79 Å². The highest BCUT2D eigenvalue weighted by Gasteiger charge is 2.33. The number of ether oxygens (including phenoxy) is 2. The second kappa shape index (κ2) is 7.85. The number of likely N-dealkylation sites (tertiary alicyclic amines) is 1. The van der Waals surface area contributed by atoms with Gasteiger partial charge >= 0.3 is 6.03 Å². The lowest BCUT2D eigenvalue weighted by molar-refractivity contribution is -0.117. The van der Waals surface area contributed by atoms with Crippen molar-refractivity contribution >= 4 is 17.6 Å². The van der Waals surface area contributed by atoms with E-state index in [1.165, 1.54) is 6.42 Å². The van der Waals surface area contributed by atoms with E-state index in [9.17, 15) is 9.59 Å². The van der Waals surface area contributed by atoms with Gasteiger partial charge in [-0.25, -0.2) is 4.79 Å². The Hall–Kier alpha value is -2.44. The zero-order valence-electron chi connectivity index (χ0n) is 15.7. The number of piperidine rings is 1. The molecule has 3 amide bonds. The van der Waals surface area contributed by atoms with Crippen LogP contribution in [0, 0.1) is 5.92 Å². The Labute approximate surface area is 154 Å². The molecule has 0 spiro atoms. The molecule has 1 aromatic carbocycles. The molecule has 3 rings (SSSR count). The minimum atomic E-state index is -0.180. The van der Waals surface area contributed by atoms with Crippen LogP contribution >= 0.6 is 0 Å². The van der Waals surface area contributed by atoms with E-state index in [4.69, 9.17) is 9.47 Å². The van der Waals surface area contributed by atoms with E-state index in [2.05, 4.69) is 12.2 Å². The summed E-state index contributed by atoms with van der Waals surface area (Å²) in [6, 6.07) is 5.15. The quantitative estimate of drug-likeness (QED) is 0.893. The molecular formula is C19H27N3O4. The molecule has 2 atom stereocenters. The Balaban J connectivity index is 1.64. The van der Waals surface area contributed by atoms with Gasteiger partial charge in [0.15, 0.2) is 11.5 Å². The molecule has 142 valence electrons. The van der Waals surface area contributed by atoms with Crippen molar-refractivity contribution in [3.05, 3.63) is 18.2 Å². The number of rotatable bonds is 4. The van der Waals surface area contributed by atoms with Crippen molar-refractivity contribution in [3.8, 4) is 11.5 Å². The van der Waals surface area contributed by atoms with Gasteiger partial charge < -0.3 is 24.6 Å². The summed E-state index contributed by atoms with van der Waals surface area (Å²) in [5.74, 6) is 1.72. The van der Waals surface area contributed by atoms with Crippen LogP contribution in [0.2, 0.25) is 0 Å². The van der Waals surface area contributed by atoms with E-state index in [0.29, 0.717) is 30.4 Å².